The van der Waals surface area contributed by atoms with E-state index >= 15 is 0 Å². The maximum Gasteiger partial charge on any atom is 0.214 e. The Hall–Kier alpha value is -1.02. The minimum absolute atomic E-state index is 0.223. The monoisotopic (exact) mass is 368 g/mol. The van der Waals surface area contributed by atoms with Crippen LogP contribution in [0, 0.1) is 12.8 Å². The van der Waals surface area contributed by atoms with Gasteiger partial charge in [-0.1, -0.05) is 13.0 Å². The minimum Gasteiger partial charge on any atom is -0.375 e. The van der Waals surface area contributed by atoms with Gasteiger partial charge in [-0.2, -0.15) is 4.31 Å². The highest BCUT2D eigenvalue weighted by atomic mass is 32.2. The van der Waals surface area contributed by atoms with Crippen LogP contribution in [-0.4, -0.2) is 55.4 Å². The molecule has 0 N–H and O–H groups in total. The molecule has 0 saturated carbocycles. The fourth-order valence-corrected chi connectivity index (χ4v) is 5.36. The SMILES string of the molecule is CCCS(=O)(=O)N1CC2(C1)OCCC2CCOCc1cccc(C)n1. The molecule has 7 heteroatoms. The zero-order valence-electron chi connectivity index (χ0n) is 15.1. The van der Waals surface area contributed by atoms with Gasteiger partial charge in [-0.3, -0.25) is 4.98 Å². The van der Waals surface area contributed by atoms with Gasteiger partial charge in [0.25, 0.3) is 0 Å². The standard InChI is InChI=1S/C18H28N2O4S/c1-3-11-25(21,22)20-13-18(14-20)16(8-10-24-18)7-9-23-12-17-6-4-5-15(2)19-17/h4-6,16H,3,7-14H2,1-2H3. The summed E-state index contributed by atoms with van der Waals surface area (Å²) in [6, 6.07) is 5.92. The van der Waals surface area contributed by atoms with Crippen LogP contribution >= 0.6 is 0 Å². The van der Waals surface area contributed by atoms with Crippen molar-refractivity contribution < 1.29 is 17.9 Å². The van der Waals surface area contributed by atoms with Crippen molar-refractivity contribution in [3.05, 3.63) is 29.6 Å². The van der Waals surface area contributed by atoms with Gasteiger partial charge in [0.2, 0.25) is 10.0 Å². The van der Waals surface area contributed by atoms with Gasteiger partial charge in [0.15, 0.2) is 0 Å². The summed E-state index contributed by atoms with van der Waals surface area (Å²) >= 11 is 0. The van der Waals surface area contributed by atoms with E-state index in [1.54, 1.807) is 4.31 Å². The van der Waals surface area contributed by atoms with Gasteiger partial charge in [-0.05, 0) is 44.2 Å². The van der Waals surface area contributed by atoms with Crippen molar-refractivity contribution in [3.8, 4) is 0 Å². The first kappa shape index (κ1) is 18.8. The molecule has 1 aromatic heterocycles. The van der Waals surface area contributed by atoms with Crippen molar-refractivity contribution in [2.45, 2.75) is 45.3 Å². The largest absolute Gasteiger partial charge is 0.375 e. The Morgan fingerprint density at radius 2 is 2.20 bits per heavy atom. The first-order valence-corrected chi connectivity index (χ1v) is 10.7. The van der Waals surface area contributed by atoms with Crippen LogP contribution in [0.3, 0.4) is 0 Å². The maximum absolute atomic E-state index is 12.1. The van der Waals surface area contributed by atoms with E-state index in [-0.39, 0.29) is 11.4 Å². The summed E-state index contributed by atoms with van der Waals surface area (Å²) in [4.78, 5) is 4.43. The third-order valence-corrected chi connectivity index (χ3v) is 7.12. The molecule has 25 heavy (non-hydrogen) atoms. The summed E-state index contributed by atoms with van der Waals surface area (Å²) in [5, 5.41) is 0. The number of pyridine rings is 1. The number of sulfonamides is 1. The lowest BCUT2D eigenvalue weighted by Gasteiger charge is -2.49. The zero-order valence-corrected chi connectivity index (χ0v) is 15.9. The van der Waals surface area contributed by atoms with Gasteiger partial charge in [0.1, 0.15) is 0 Å². The molecule has 2 aliphatic rings. The van der Waals surface area contributed by atoms with Crippen molar-refractivity contribution in [2.24, 2.45) is 5.92 Å². The molecule has 2 saturated heterocycles. The van der Waals surface area contributed by atoms with Gasteiger partial charge in [-0.15, -0.1) is 0 Å². The zero-order chi connectivity index (χ0) is 17.9. The molecule has 3 heterocycles. The Balaban J connectivity index is 1.45. The van der Waals surface area contributed by atoms with Crippen LogP contribution in [0.25, 0.3) is 0 Å². The lowest BCUT2D eigenvalue weighted by atomic mass is 9.80. The topological polar surface area (TPSA) is 68.7 Å². The molecule has 1 unspecified atom stereocenters. The van der Waals surface area contributed by atoms with E-state index in [1.165, 1.54) is 0 Å². The van der Waals surface area contributed by atoms with Crippen LogP contribution < -0.4 is 0 Å². The predicted octanol–water partition coefficient (Wildman–Crippen LogP) is 2.13. The number of aryl methyl sites for hydroxylation is 1. The molecule has 0 aromatic carbocycles. The summed E-state index contributed by atoms with van der Waals surface area (Å²) in [5.74, 6) is 0.589. The molecular formula is C18H28N2O4S. The first-order chi connectivity index (χ1) is 12.0. The molecular weight excluding hydrogens is 340 g/mol. The average molecular weight is 368 g/mol. The number of nitrogens with zero attached hydrogens (tertiary/aromatic N) is 2. The Morgan fingerprint density at radius 1 is 1.40 bits per heavy atom. The predicted molar refractivity (Wildman–Crippen MR) is 95.7 cm³/mol. The molecule has 1 aromatic rings. The number of hydrogen-bond acceptors (Lipinski definition) is 5. The number of hydrogen-bond donors (Lipinski definition) is 0. The molecule has 0 amide bonds. The van der Waals surface area contributed by atoms with Crippen LogP contribution in [0.5, 0.6) is 0 Å². The maximum atomic E-state index is 12.1. The number of rotatable bonds is 8. The van der Waals surface area contributed by atoms with Crippen LogP contribution in [0.1, 0.15) is 37.6 Å². The highest BCUT2D eigenvalue weighted by Crippen LogP contribution is 2.42. The van der Waals surface area contributed by atoms with Gasteiger partial charge >= 0.3 is 0 Å². The third-order valence-electron chi connectivity index (χ3n) is 5.15. The van der Waals surface area contributed by atoms with E-state index in [0.717, 1.165) is 24.2 Å². The Labute approximate surface area is 150 Å². The smallest absolute Gasteiger partial charge is 0.214 e. The molecule has 0 bridgehead atoms. The van der Waals surface area contributed by atoms with E-state index < -0.39 is 10.0 Å². The second-order valence-corrected chi connectivity index (χ2v) is 9.18. The van der Waals surface area contributed by atoms with Crippen molar-refractivity contribution in [1.29, 1.82) is 0 Å². The van der Waals surface area contributed by atoms with Crippen molar-refractivity contribution in [1.82, 2.24) is 9.29 Å². The Kier molecular flexibility index (Phi) is 5.78. The second-order valence-electron chi connectivity index (χ2n) is 7.09. The molecule has 140 valence electrons. The van der Waals surface area contributed by atoms with Crippen molar-refractivity contribution in [3.63, 3.8) is 0 Å². The van der Waals surface area contributed by atoms with Crippen LogP contribution in [0.15, 0.2) is 18.2 Å². The molecule has 2 aliphatic heterocycles. The van der Waals surface area contributed by atoms with E-state index in [2.05, 4.69) is 4.98 Å². The third kappa shape index (κ3) is 4.22. The molecule has 6 nitrogen and oxygen atoms in total. The molecule has 0 radical (unpaired) electrons. The Bertz CT molecular complexity index is 686. The number of ether oxygens (including phenoxy) is 2. The van der Waals surface area contributed by atoms with Gasteiger partial charge in [-0.25, -0.2) is 8.42 Å². The fraction of sp³-hybridized carbons (Fsp3) is 0.722. The van der Waals surface area contributed by atoms with E-state index in [9.17, 15) is 8.42 Å². The molecule has 1 atom stereocenters. The van der Waals surface area contributed by atoms with Gasteiger partial charge < -0.3 is 9.47 Å². The molecule has 3 rings (SSSR count). The van der Waals surface area contributed by atoms with Crippen LogP contribution in [0.4, 0.5) is 0 Å². The summed E-state index contributed by atoms with van der Waals surface area (Å²) in [5.41, 5.74) is 1.65. The van der Waals surface area contributed by atoms with Crippen LogP contribution in [-0.2, 0) is 26.1 Å². The van der Waals surface area contributed by atoms with Crippen LogP contribution in [0.2, 0.25) is 0 Å². The van der Waals surface area contributed by atoms with E-state index in [0.29, 0.717) is 45.2 Å². The number of aromatic nitrogens is 1. The molecule has 1 spiro atoms. The second kappa shape index (κ2) is 7.70. The normalized spacial score (nSPS) is 23.0. The summed E-state index contributed by atoms with van der Waals surface area (Å²) < 4.78 is 37.6. The van der Waals surface area contributed by atoms with E-state index in [4.69, 9.17) is 9.47 Å². The highest BCUT2D eigenvalue weighted by molar-refractivity contribution is 7.89. The lowest BCUT2D eigenvalue weighted by molar-refractivity contribution is -0.105. The van der Waals surface area contributed by atoms with E-state index in [1.807, 2.05) is 32.0 Å². The summed E-state index contributed by atoms with van der Waals surface area (Å²) in [6.07, 6.45) is 2.53. The molecule has 2 fully saturated rings. The summed E-state index contributed by atoms with van der Waals surface area (Å²) in [7, 11) is -3.11. The van der Waals surface area contributed by atoms with Gasteiger partial charge in [0.05, 0.1) is 23.7 Å². The highest BCUT2D eigenvalue weighted by Gasteiger charge is 2.55. The van der Waals surface area contributed by atoms with Gasteiger partial charge in [0, 0.05) is 32.0 Å². The quantitative estimate of drug-likeness (QED) is 0.658. The average Bonchev–Trinajstić information content (AvgIpc) is 2.94. The first-order valence-electron chi connectivity index (χ1n) is 9.07. The Morgan fingerprint density at radius 3 is 2.92 bits per heavy atom. The minimum atomic E-state index is -3.11. The van der Waals surface area contributed by atoms with Crippen molar-refractivity contribution >= 4 is 10.0 Å². The molecule has 0 aliphatic carbocycles. The van der Waals surface area contributed by atoms with Crippen molar-refractivity contribution in [2.75, 3.05) is 32.1 Å². The summed E-state index contributed by atoms with van der Waals surface area (Å²) in [6.45, 7) is 6.73. The lowest BCUT2D eigenvalue weighted by Crippen LogP contribution is -2.66. The fourth-order valence-electron chi connectivity index (χ4n) is 3.76.